The molecule has 1 aromatic carbocycles. The second kappa shape index (κ2) is 6.96. The molecule has 0 atom stereocenters. The van der Waals surface area contributed by atoms with E-state index in [1.165, 1.54) is 24.0 Å². The van der Waals surface area contributed by atoms with Crippen LogP contribution in [0.15, 0.2) is 47.6 Å². The van der Waals surface area contributed by atoms with E-state index in [0.717, 1.165) is 29.1 Å². The predicted molar refractivity (Wildman–Crippen MR) is 86.7 cm³/mol. The first-order valence-electron chi connectivity index (χ1n) is 7.28. The maximum absolute atomic E-state index is 5.47. The molecule has 1 N–H and O–H groups in total. The summed E-state index contributed by atoms with van der Waals surface area (Å²) in [6.07, 6.45) is 4.46. The first-order chi connectivity index (χ1) is 10.3. The van der Waals surface area contributed by atoms with Gasteiger partial charge in [-0.1, -0.05) is 12.1 Å². The van der Waals surface area contributed by atoms with Gasteiger partial charge in [-0.2, -0.15) is 0 Å². The van der Waals surface area contributed by atoms with Crippen LogP contribution in [0.2, 0.25) is 0 Å². The molecule has 1 heterocycles. The molecule has 21 heavy (non-hydrogen) atoms. The molecule has 0 spiro atoms. The molecule has 0 unspecified atom stereocenters. The maximum atomic E-state index is 5.47. The number of nitrogens with zero attached hydrogens (tertiary/aromatic N) is 1. The summed E-state index contributed by atoms with van der Waals surface area (Å²) in [4.78, 5) is 4.35. The highest BCUT2D eigenvalue weighted by Gasteiger charge is 2.20. The van der Waals surface area contributed by atoms with Gasteiger partial charge >= 0.3 is 0 Å². The summed E-state index contributed by atoms with van der Waals surface area (Å²) < 4.78 is 5.47. The van der Waals surface area contributed by atoms with Crippen molar-refractivity contribution in [2.45, 2.75) is 36.2 Å². The van der Waals surface area contributed by atoms with Crippen LogP contribution in [0.1, 0.15) is 24.0 Å². The molecular formula is C17H20N2OS. The number of pyridine rings is 1. The Bertz CT molecular complexity index is 585. The largest absolute Gasteiger partial charge is 0.496 e. The van der Waals surface area contributed by atoms with Crippen molar-refractivity contribution < 1.29 is 4.74 Å². The standard InChI is InChI=1S/C17H20N2OS/c1-20-16-8-5-13(11-19-15-6-7-15)10-14(16)12-21-17-4-2-3-9-18-17/h2-5,8-10,15,19H,6-7,11-12H2,1H3. The van der Waals surface area contributed by atoms with Crippen LogP contribution in [0.4, 0.5) is 0 Å². The number of rotatable bonds is 7. The van der Waals surface area contributed by atoms with E-state index in [-0.39, 0.29) is 0 Å². The Kier molecular flexibility index (Phi) is 4.78. The minimum atomic E-state index is 0.735. The third-order valence-electron chi connectivity index (χ3n) is 3.53. The van der Waals surface area contributed by atoms with Crippen molar-refractivity contribution in [1.82, 2.24) is 10.3 Å². The maximum Gasteiger partial charge on any atom is 0.122 e. The van der Waals surface area contributed by atoms with Crippen molar-refractivity contribution in [3.05, 3.63) is 53.7 Å². The summed E-state index contributed by atoms with van der Waals surface area (Å²) in [6, 6.07) is 13.2. The first-order valence-corrected chi connectivity index (χ1v) is 8.27. The lowest BCUT2D eigenvalue weighted by Gasteiger charge is -2.11. The van der Waals surface area contributed by atoms with Gasteiger partial charge in [0.15, 0.2) is 0 Å². The van der Waals surface area contributed by atoms with Gasteiger partial charge < -0.3 is 10.1 Å². The van der Waals surface area contributed by atoms with E-state index in [0.29, 0.717) is 0 Å². The zero-order valence-electron chi connectivity index (χ0n) is 12.2. The van der Waals surface area contributed by atoms with Gasteiger partial charge in [-0.25, -0.2) is 4.98 Å². The SMILES string of the molecule is COc1ccc(CNC2CC2)cc1CSc1ccccn1. The molecule has 2 aromatic rings. The zero-order valence-corrected chi connectivity index (χ0v) is 13.0. The number of benzene rings is 1. The van der Waals surface area contributed by atoms with Crippen LogP contribution in [0.25, 0.3) is 0 Å². The molecular weight excluding hydrogens is 280 g/mol. The topological polar surface area (TPSA) is 34.1 Å². The van der Waals surface area contributed by atoms with E-state index in [9.17, 15) is 0 Å². The predicted octanol–water partition coefficient (Wildman–Crippen LogP) is 3.63. The number of hydrogen-bond donors (Lipinski definition) is 1. The van der Waals surface area contributed by atoms with Crippen LogP contribution in [0.5, 0.6) is 5.75 Å². The first kappa shape index (κ1) is 14.4. The third-order valence-corrected chi connectivity index (χ3v) is 4.52. The quantitative estimate of drug-likeness (QED) is 0.792. The highest BCUT2D eigenvalue weighted by Crippen LogP contribution is 2.28. The van der Waals surface area contributed by atoms with E-state index in [1.54, 1.807) is 18.9 Å². The lowest BCUT2D eigenvalue weighted by atomic mass is 10.1. The smallest absolute Gasteiger partial charge is 0.122 e. The summed E-state index contributed by atoms with van der Waals surface area (Å²) in [5, 5.41) is 4.59. The van der Waals surface area contributed by atoms with Gasteiger partial charge in [-0.05, 0) is 42.7 Å². The number of ether oxygens (including phenoxy) is 1. The Balaban J connectivity index is 1.67. The second-order valence-electron chi connectivity index (χ2n) is 5.26. The van der Waals surface area contributed by atoms with Crippen LogP contribution in [-0.2, 0) is 12.3 Å². The molecule has 3 nitrogen and oxygen atoms in total. The molecule has 1 fully saturated rings. The minimum absolute atomic E-state index is 0.735. The van der Waals surface area contributed by atoms with Gasteiger partial charge in [-0.15, -0.1) is 11.8 Å². The monoisotopic (exact) mass is 300 g/mol. The van der Waals surface area contributed by atoms with Gasteiger partial charge in [-0.3, -0.25) is 0 Å². The lowest BCUT2D eigenvalue weighted by molar-refractivity contribution is 0.411. The lowest BCUT2D eigenvalue weighted by Crippen LogP contribution is -2.15. The van der Waals surface area contributed by atoms with Crippen molar-refractivity contribution in [1.29, 1.82) is 0 Å². The van der Waals surface area contributed by atoms with Gasteiger partial charge in [0.1, 0.15) is 5.75 Å². The fourth-order valence-corrected chi connectivity index (χ4v) is 3.03. The van der Waals surface area contributed by atoms with Gasteiger partial charge in [0.05, 0.1) is 12.1 Å². The molecule has 110 valence electrons. The highest BCUT2D eigenvalue weighted by atomic mass is 32.2. The second-order valence-corrected chi connectivity index (χ2v) is 6.25. The molecule has 0 bridgehead atoms. The van der Waals surface area contributed by atoms with Crippen LogP contribution >= 0.6 is 11.8 Å². The minimum Gasteiger partial charge on any atom is -0.496 e. The number of nitrogens with one attached hydrogen (secondary N) is 1. The van der Waals surface area contributed by atoms with Crippen molar-refractivity contribution in [3.63, 3.8) is 0 Å². The molecule has 0 aliphatic heterocycles. The van der Waals surface area contributed by atoms with Gasteiger partial charge in [0, 0.05) is 30.1 Å². The summed E-state index contributed by atoms with van der Waals surface area (Å²) in [5.74, 6) is 1.82. The molecule has 4 heteroatoms. The fraction of sp³-hybridized carbons (Fsp3) is 0.353. The fourth-order valence-electron chi connectivity index (χ4n) is 2.19. The van der Waals surface area contributed by atoms with Crippen molar-refractivity contribution >= 4 is 11.8 Å². The number of hydrogen-bond acceptors (Lipinski definition) is 4. The number of aromatic nitrogens is 1. The summed E-state index contributed by atoms with van der Waals surface area (Å²) in [7, 11) is 1.73. The number of thioether (sulfide) groups is 1. The van der Waals surface area contributed by atoms with E-state index >= 15 is 0 Å². The number of methoxy groups -OCH3 is 1. The van der Waals surface area contributed by atoms with E-state index in [4.69, 9.17) is 4.74 Å². The van der Waals surface area contributed by atoms with Gasteiger partial charge in [0.2, 0.25) is 0 Å². The Morgan fingerprint density at radius 1 is 1.29 bits per heavy atom. The Morgan fingerprint density at radius 2 is 2.19 bits per heavy atom. The molecule has 3 rings (SSSR count). The van der Waals surface area contributed by atoms with Crippen molar-refractivity contribution in [2.24, 2.45) is 0 Å². The van der Waals surface area contributed by atoms with Crippen LogP contribution in [0, 0.1) is 0 Å². The Labute approximate surface area is 130 Å². The van der Waals surface area contributed by atoms with E-state index in [2.05, 4.69) is 28.5 Å². The molecule has 0 radical (unpaired) electrons. The van der Waals surface area contributed by atoms with E-state index < -0.39 is 0 Å². The molecule has 1 aliphatic rings. The van der Waals surface area contributed by atoms with Crippen molar-refractivity contribution in [3.8, 4) is 5.75 Å². The van der Waals surface area contributed by atoms with Crippen LogP contribution < -0.4 is 10.1 Å². The molecule has 1 saturated carbocycles. The normalized spacial score (nSPS) is 14.1. The summed E-state index contributed by atoms with van der Waals surface area (Å²) in [6.45, 7) is 0.940. The molecule has 0 saturated heterocycles. The summed E-state index contributed by atoms with van der Waals surface area (Å²) >= 11 is 1.74. The Hall–Kier alpha value is -1.52. The van der Waals surface area contributed by atoms with Crippen LogP contribution in [-0.4, -0.2) is 18.1 Å². The molecule has 1 aromatic heterocycles. The van der Waals surface area contributed by atoms with Gasteiger partial charge in [0.25, 0.3) is 0 Å². The average Bonchev–Trinajstić information content (AvgIpc) is 3.36. The van der Waals surface area contributed by atoms with Crippen LogP contribution in [0.3, 0.4) is 0 Å². The molecule has 0 amide bonds. The van der Waals surface area contributed by atoms with Crippen molar-refractivity contribution in [2.75, 3.05) is 7.11 Å². The average molecular weight is 300 g/mol. The zero-order chi connectivity index (χ0) is 14.5. The Morgan fingerprint density at radius 3 is 2.90 bits per heavy atom. The highest BCUT2D eigenvalue weighted by molar-refractivity contribution is 7.98. The summed E-state index contributed by atoms with van der Waals surface area (Å²) in [5.41, 5.74) is 2.54. The third kappa shape index (κ3) is 4.22. The van der Waals surface area contributed by atoms with E-state index in [1.807, 2.05) is 24.4 Å². The molecule has 1 aliphatic carbocycles.